The van der Waals surface area contributed by atoms with Gasteiger partial charge in [0.25, 0.3) is 5.78 Å². The molecule has 2 aromatic rings. The van der Waals surface area contributed by atoms with Crippen LogP contribution in [0, 0.1) is 31.1 Å². The number of ketones is 1. The Morgan fingerprint density at radius 1 is 1.57 bits per heavy atom. The lowest BCUT2D eigenvalue weighted by atomic mass is 10.1. The summed E-state index contributed by atoms with van der Waals surface area (Å²) in [5.74, 6) is -0.752. The second kappa shape index (κ2) is 5.93. The molecule has 0 aromatic carbocycles. The molecule has 0 bridgehead atoms. The summed E-state index contributed by atoms with van der Waals surface area (Å²) in [7, 11) is 0. The standard InChI is InChI=1S/C13H14N6OS/c1-7-4-8(2)19-12(16-7)17-13(18-19)21-6-11(20)10(5-14)9(3)15/h4,10H,3,6,15H2,1-2H3/t10-/m0/s1. The second-order valence-corrected chi connectivity index (χ2v) is 5.48. The van der Waals surface area contributed by atoms with Crippen LogP contribution < -0.4 is 5.73 Å². The smallest absolute Gasteiger partial charge is 0.253 e. The van der Waals surface area contributed by atoms with Crippen LogP contribution in [0.25, 0.3) is 5.78 Å². The Kier molecular flexibility index (Phi) is 4.23. The van der Waals surface area contributed by atoms with Gasteiger partial charge in [0.1, 0.15) is 5.92 Å². The van der Waals surface area contributed by atoms with E-state index in [0.29, 0.717) is 10.9 Å². The van der Waals surface area contributed by atoms with E-state index in [1.807, 2.05) is 26.0 Å². The maximum Gasteiger partial charge on any atom is 0.253 e. The lowest BCUT2D eigenvalue weighted by molar-refractivity contribution is -0.117. The average molecular weight is 302 g/mol. The van der Waals surface area contributed by atoms with Gasteiger partial charge in [-0.1, -0.05) is 18.3 Å². The third kappa shape index (κ3) is 3.20. The zero-order chi connectivity index (χ0) is 15.6. The summed E-state index contributed by atoms with van der Waals surface area (Å²) in [6.07, 6.45) is 0. The number of carbonyl (C=O) groups excluding carboxylic acids is 1. The molecule has 0 saturated heterocycles. The van der Waals surface area contributed by atoms with E-state index in [0.717, 1.165) is 23.1 Å². The van der Waals surface area contributed by atoms with Crippen LogP contribution in [0.15, 0.2) is 23.5 Å². The molecule has 8 heteroatoms. The van der Waals surface area contributed by atoms with Crippen molar-refractivity contribution in [3.63, 3.8) is 0 Å². The van der Waals surface area contributed by atoms with Gasteiger partial charge in [-0.15, -0.1) is 5.10 Å². The van der Waals surface area contributed by atoms with E-state index in [1.165, 1.54) is 0 Å². The van der Waals surface area contributed by atoms with Crippen LogP contribution in [-0.2, 0) is 4.79 Å². The largest absolute Gasteiger partial charge is 0.401 e. The molecule has 0 aliphatic rings. The first kappa shape index (κ1) is 15.0. The maximum absolute atomic E-state index is 11.9. The molecule has 0 fully saturated rings. The summed E-state index contributed by atoms with van der Waals surface area (Å²) in [5.41, 5.74) is 7.24. The number of fused-ring (bicyclic) bond motifs is 1. The second-order valence-electron chi connectivity index (χ2n) is 4.54. The molecule has 0 saturated carbocycles. The Morgan fingerprint density at radius 3 is 2.90 bits per heavy atom. The number of nitrogens with zero attached hydrogens (tertiary/aromatic N) is 5. The third-order valence-electron chi connectivity index (χ3n) is 2.76. The lowest BCUT2D eigenvalue weighted by Gasteiger charge is -2.05. The molecule has 0 aliphatic carbocycles. The number of aromatic nitrogens is 4. The summed E-state index contributed by atoms with van der Waals surface area (Å²) >= 11 is 1.15. The molecule has 1 atom stereocenters. The van der Waals surface area contributed by atoms with Gasteiger partial charge in [0.05, 0.1) is 11.8 Å². The van der Waals surface area contributed by atoms with Crippen LogP contribution in [0.2, 0.25) is 0 Å². The predicted octanol–water partition coefficient (Wildman–Crippen LogP) is 1.01. The first-order valence-corrected chi connectivity index (χ1v) is 7.11. The summed E-state index contributed by atoms with van der Waals surface area (Å²) < 4.78 is 1.61. The number of Topliss-reactive ketones (excluding diaryl/α,β-unsaturated/α-hetero) is 1. The van der Waals surface area contributed by atoms with E-state index in [4.69, 9.17) is 11.0 Å². The van der Waals surface area contributed by atoms with Crippen molar-refractivity contribution >= 4 is 23.3 Å². The van der Waals surface area contributed by atoms with Crippen molar-refractivity contribution in [2.24, 2.45) is 11.7 Å². The number of rotatable bonds is 5. The zero-order valence-corrected chi connectivity index (χ0v) is 12.5. The van der Waals surface area contributed by atoms with E-state index in [-0.39, 0.29) is 17.2 Å². The number of hydrogen-bond donors (Lipinski definition) is 1. The van der Waals surface area contributed by atoms with Gasteiger partial charge in [0, 0.05) is 17.1 Å². The number of hydrogen-bond acceptors (Lipinski definition) is 7. The molecule has 0 amide bonds. The average Bonchev–Trinajstić information content (AvgIpc) is 2.80. The zero-order valence-electron chi connectivity index (χ0n) is 11.7. The van der Waals surface area contributed by atoms with Crippen molar-refractivity contribution in [2.45, 2.75) is 19.0 Å². The molecule has 108 valence electrons. The quantitative estimate of drug-likeness (QED) is 0.821. The van der Waals surface area contributed by atoms with Crippen LogP contribution in [0.1, 0.15) is 11.4 Å². The molecule has 0 aliphatic heterocycles. The van der Waals surface area contributed by atoms with E-state index >= 15 is 0 Å². The Hall–Kier alpha value is -2.40. The molecular weight excluding hydrogens is 288 g/mol. The minimum absolute atomic E-state index is 0.0548. The molecule has 21 heavy (non-hydrogen) atoms. The van der Waals surface area contributed by atoms with Crippen molar-refractivity contribution in [1.29, 1.82) is 5.26 Å². The molecule has 7 nitrogen and oxygen atoms in total. The molecular formula is C13H14N6OS. The van der Waals surface area contributed by atoms with E-state index in [2.05, 4.69) is 21.6 Å². The number of nitrogens with two attached hydrogens (primary N) is 1. The SMILES string of the molecule is C=C(N)[C@H](C#N)C(=O)CSc1nc2nc(C)cc(C)n2n1. The van der Waals surface area contributed by atoms with E-state index in [9.17, 15) is 4.79 Å². The van der Waals surface area contributed by atoms with Crippen molar-refractivity contribution in [1.82, 2.24) is 19.6 Å². The molecule has 2 heterocycles. The van der Waals surface area contributed by atoms with Gasteiger partial charge in [-0.05, 0) is 19.9 Å². The molecule has 0 unspecified atom stereocenters. The van der Waals surface area contributed by atoms with Crippen LogP contribution in [-0.4, -0.2) is 31.1 Å². The van der Waals surface area contributed by atoms with Gasteiger partial charge in [-0.3, -0.25) is 4.79 Å². The number of allylic oxidation sites excluding steroid dienone is 1. The Labute approximate surface area is 125 Å². The van der Waals surface area contributed by atoms with Crippen LogP contribution in [0.3, 0.4) is 0 Å². The molecule has 2 N–H and O–H groups in total. The molecule has 2 rings (SSSR count). The van der Waals surface area contributed by atoms with Gasteiger partial charge in [-0.2, -0.15) is 10.2 Å². The maximum atomic E-state index is 11.9. The van der Waals surface area contributed by atoms with Gasteiger partial charge in [0.15, 0.2) is 5.78 Å². The Morgan fingerprint density at radius 2 is 2.29 bits per heavy atom. The summed E-state index contributed by atoms with van der Waals surface area (Å²) in [5, 5.41) is 13.6. The predicted molar refractivity (Wildman–Crippen MR) is 78.4 cm³/mol. The van der Waals surface area contributed by atoms with Gasteiger partial charge in [-0.25, -0.2) is 9.50 Å². The lowest BCUT2D eigenvalue weighted by Crippen LogP contribution is -2.21. The topological polar surface area (TPSA) is 110 Å². The number of carbonyl (C=O) groups is 1. The Balaban J connectivity index is 2.14. The Bertz CT molecular complexity index is 760. The minimum Gasteiger partial charge on any atom is -0.401 e. The first-order valence-electron chi connectivity index (χ1n) is 6.12. The van der Waals surface area contributed by atoms with Crippen LogP contribution >= 0.6 is 11.8 Å². The van der Waals surface area contributed by atoms with Crippen LogP contribution in [0.5, 0.6) is 0 Å². The number of thioether (sulfide) groups is 1. The fourth-order valence-corrected chi connectivity index (χ4v) is 2.51. The van der Waals surface area contributed by atoms with E-state index in [1.54, 1.807) is 4.52 Å². The normalized spacial score (nSPS) is 12.0. The van der Waals surface area contributed by atoms with Crippen molar-refractivity contribution in [3.8, 4) is 6.07 Å². The van der Waals surface area contributed by atoms with Crippen molar-refractivity contribution < 1.29 is 4.79 Å². The van der Waals surface area contributed by atoms with E-state index < -0.39 is 5.92 Å². The highest BCUT2D eigenvalue weighted by molar-refractivity contribution is 7.99. The summed E-state index contributed by atoms with van der Waals surface area (Å²) in [6, 6.07) is 3.73. The third-order valence-corrected chi connectivity index (χ3v) is 3.62. The van der Waals surface area contributed by atoms with Crippen molar-refractivity contribution in [2.75, 3.05) is 5.75 Å². The van der Waals surface area contributed by atoms with Gasteiger partial charge in [0.2, 0.25) is 5.16 Å². The number of nitriles is 1. The highest BCUT2D eigenvalue weighted by atomic mass is 32.2. The first-order chi connectivity index (χ1) is 9.92. The molecule has 2 aromatic heterocycles. The fraction of sp³-hybridized carbons (Fsp3) is 0.308. The highest BCUT2D eigenvalue weighted by Gasteiger charge is 2.20. The number of aryl methyl sites for hydroxylation is 2. The summed E-state index contributed by atoms with van der Waals surface area (Å²) in [4.78, 5) is 20.4. The summed E-state index contributed by atoms with van der Waals surface area (Å²) in [6.45, 7) is 7.22. The van der Waals surface area contributed by atoms with Gasteiger partial charge < -0.3 is 5.73 Å². The highest BCUT2D eigenvalue weighted by Crippen LogP contribution is 2.17. The fourth-order valence-electron chi connectivity index (χ4n) is 1.79. The van der Waals surface area contributed by atoms with Crippen LogP contribution in [0.4, 0.5) is 0 Å². The van der Waals surface area contributed by atoms with Gasteiger partial charge >= 0.3 is 0 Å². The molecule has 0 spiro atoms. The monoisotopic (exact) mass is 302 g/mol. The molecule has 0 radical (unpaired) electrons. The van der Waals surface area contributed by atoms with Crippen molar-refractivity contribution in [3.05, 3.63) is 29.7 Å². The minimum atomic E-state index is -0.989.